The summed E-state index contributed by atoms with van der Waals surface area (Å²) in [6.07, 6.45) is 5.19. The molecule has 0 radical (unpaired) electrons. The predicted molar refractivity (Wildman–Crippen MR) is 181 cm³/mol. The molecule has 1 fully saturated rings. The van der Waals surface area contributed by atoms with Crippen molar-refractivity contribution in [2.75, 3.05) is 10.8 Å². The van der Waals surface area contributed by atoms with Crippen LogP contribution in [0.2, 0.25) is 0 Å². The lowest BCUT2D eigenvalue weighted by atomic mass is 9.94. The van der Waals surface area contributed by atoms with Crippen LogP contribution in [0.4, 0.5) is 10.1 Å². The van der Waals surface area contributed by atoms with E-state index in [-0.39, 0.29) is 35.5 Å². The Morgan fingerprint density at radius 2 is 1.46 bits per heavy atom. The van der Waals surface area contributed by atoms with Crippen LogP contribution >= 0.6 is 15.9 Å². The van der Waals surface area contributed by atoms with Gasteiger partial charge in [0.05, 0.1) is 10.6 Å². The molecule has 0 bridgehead atoms. The Balaban J connectivity index is 1.55. The first kappa shape index (κ1) is 33.3. The van der Waals surface area contributed by atoms with Gasteiger partial charge in [-0.15, -0.1) is 0 Å². The number of benzene rings is 4. The summed E-state index contributed by atoms with van der Waals surface area (Å²) < 4.78 is 43.6. The monoisotopic (exact) mass is 705 g/mol. The van der Waals surface area contributed by atoms with Crippen molar-refractivity contribution >= 4 is 43.5 Å². The molecule has 0 aliphatic heterocycles. The predicted octanol–water partition coefficient (Wildman–Crippen LogP) is 6.87. The van der Waals surface area contributed by atoms with E-state index in [2.05, 4.69) is 21.2 Å². The average molecular weight is 707 g/mol. The molecule has 0 unspecified atom stereocenters. The van der Waals surface area contributed by atoms with E-state index in [0.29, 0.717) is 0 Å². The molecule has 240 valence electrons. The number of para-hydroxylation sites is 1. The second-order valence-electron chi connectivity index (χ2n) is 11.5. The lowest BCUT2D eigenvalue weighted by Gasteiger charge is -2.35. The minimum absolute atomic E-state index is 0.0158. The van der Waals surface area contributed by atoms with Crippen LogP contribution in [-0.2, 0) is 32.6 Å². The molecule has 4 aromatic rings. The fraction of sp³-hybridized carbons (Fsp3) is 0.278. The molecule has 1 saturated carbocycles. The van der Waals surface area contributed by atoms with Gasteiger partial charge in [-0.05, 0) is 72.5 Å². The Labute approximate surface area is 278 Å². The molecule has 7 nitrogen and oxygen atoms in total. The second kappa shape index (κ2) is 15.5. The highest BCUT2D eigenvalue weighted by Crippen LogP contribution is 2.26. The van der Waals surface area contributed by atoms with Crippen LogP contribution < -0.4 is 9.62 Å². The number of hydrogen-bond acceptors (Lipinski definition) is 4. The maximum Gasteiger partial charge on any atom is 0.264 e. The minimum Gasteiger partial charge on any atom is -0.352 e. The Bertz CT molecular complexity index is 1720. The van der Waals surface area contributed by atoms with E-state index in [9.17, 15) is 22.4 Å². The maximum absolute atomic E-state index is 14.5. The van der Waals surface area contributed by atoms with Gasteiger partial charge in [-0.2, -0.15) is 0 Å². The number of sulfonamides is 1. The highest BCUT2D eigenvalue weighted by molar-refractivity contribution is 9.10. The van der Waals surface area contributed by atoms with Crippen LogP contribution in [0.15, 0.2) is 119 Å². The van der Waals surface area contributed by atoms with Crippen molar-refractivity contribution in [1.82, 2.24) is 10.2 Å². The fourth-order valence-electron chi connectivity index (χ4n) is 5.79. The second-order valence-corrected chi connectivity index (χ2v) is 14.3. The van der Waals surface area contributed by atoms with E-state index in [0.717, 1.165) is 64.1 Å². The summed E-state index contributed by atoms with van der Waals surface area (Å²) in [6, 6.07) is 28.9. The van der Waals surface area contributed by atoms with Gasteiger partial charge < -0.3 is 10.2 Å². The van der Waals surface area contributed by atoms with Crippen LogP contribution in [-0.4, -0.2) is 43.8 Å². The van der Waals surface area contributed by atoms with Crippen LogP contribution in [0, 0.1) is 5.82 Å². The normalized spacial score (nSPS) is 14.3. The summed E-state index contributed by atoms with van der Waals surface area (Å²) >= 11 is 3.51. The van der Waals surface area contributed by atoms with Crippen molar-refractivity contribution in [2.24, 2.45) is 0 Å². The summed E-state index contributed by atoms with van der Waals surface area (Å²) in [5, 5.41) is 3.21. The van der Waals surface area contributed by atoms with Crippen LogP contribution in [0.25, 0.3) is 0 Å². The smallest absolute Gasteiger partial charge is 0.264 e. The third-order valence-electron chi connectivity index (χ3n) is 8.19. The number of halogens is 2. The van der Waals surface area contributed by atoms with Gasteiger partial charge in [-0.1, -0.05) is 95.9 Å². The third kappa shape index (κ3) is 8.61. The zero-order chi connectivity index (χ0) is 32.5. The highest BCUT2D eigenvalue weighted by atomic mass is 79.9. The largest absolute Gasteiger partial charge is 0.352 e. The van der Waals surface area contributed by atoms with E-state index in [4.69, 9.17) is 0 Å². The number of nitrogens with one attached hydrogen (secondary N) is 1. The van der Waals surface area contributed by atoms with Gasteiger partial charge in [0.15, 0.2) is 0 Å². The van der Waals surface area contributed by atoms with Gasteiger partial charge in [0.2, 0.25) is 11.8 Å². The highest BCUT2D eigenvalue weighted by Gasteiger charge is 2.35. The third-order valence-corrected chi connectivity index (χ3v) is 10.5. The molecule has 0 saturated heterocycles. The fourth-order valence-corrected chi connectivity index (χ4v) is 7.65. The molecule has 1 aliphatic rings. The van der Waals surface area contributed by atoms with Crippen LogP contribution in [0.1, 0.15) is 43.2 Å². The number of hydrogen-bond donors (Lipinski definition) is 1. The number of nitrogens with zero attached hydrogens (tertiary/aromatic N) is 2. The molecule has 46 heavy (non-hydrogen) atoms. The minimum atomic E-state index is -4.30. The molecule has 4 aromatic carbocycles. The first-order chi connectivity index (χ1) is 22.2. The molecule has 1 atom stereocenters. The Kier molecular flexibility index (Phi) is 11.2. The van der Waals surface area contributed by atoms with Crippen molar-refractivity contribution in [3.05, 3.63) is 131 Å². The van der Waals surface area contributed by atoms with Crippen molar-refractivity contribution in [1.29, 1.82) is 0 Å². The lowest BCUT2D eigenvalue weighted by molar-refractivity contribution is -0.140. The van der Waals surface area contributed by atoms with Gasteiger partial charge in [0.25, 0.3) is 10.0 Å². The molecular formula is C36H37BrFN3O4S. The Morgan fingerprint density at radius 1 is 0.826 bits per heavy atom. The van der Waals surface area contributed by atoms with Crippen LogP contribution in [0.3, 0.4) is 0 Å². The zero-order valence-electron chi connectivity index (χ0n) is 25.4. The molecule has 0 aromatic heterocycles. The topological polar surface area (TPSA) is 86.8 Å². The molecular weight excluding hydrogens is 669 g/mol. The van der Waals surface area contributed by atoms with E-state index in [1.54, 1.807) is 30.3 Å². The molecule has 0 heterocycles. The number of carbonyl (C=O) groups excluding carboxylic acids is 2. The van der Waals surface area contributed by atoms with Gasteiger partial charge >= 0.3 is 0 Å². The first-order valence-corrected chi connectivity index (χ1v) is 17.7. The van der Waals surface area contributed by atoms with Crippen LogP contribution in [0.5, 0.6) is 0 Å². The van der Waals surface area contributed by atoms with E-state index in [1.807, 2.05) is 54.6 Å². The summed E-state index contributed by atoms with van der Waals surface area (Å²) in [5.41, 5.74) is 1.92. The quantitative estimate of drug-likeness (QED) is 0.174. The Morgan fingerprint density at radius 3 is 2.11 bits per heavy atom. The van der Waals surface area contributed by atoms with Crippen molar-refractivity contribution in [2.45, 2.75) is 62.0 Å². The van der Waals surface area contributed by atoms with Gasteiger partial charge in [-0.25, -0.2) is 12.8 Å². The molecule has 1 N–H and O–H groups in total. The van der Waals surface area contributed by atoms with Crippen molar-refractivity contribution in [3.8, 4) is 0 Å². The standard InChI is InChI=1S/C36H37BrFN3O4S/c37-29-14-10-13-28(23-29)25-40(34(24-27-11-4-1-5-12-27)36(43)39-31-15-6-2-7-16-31)35(42)26-41(32-17-8-3-9-18-32)46(44,45)33-21-19-30(38)20-22-33/h1,3-5,8-14,17-23,31,34H,2,6-7,15-16,24-26H2,(H,39,43)/t34-/m1/s1. The molecule has 5 rings (SSSR count). The van der Waals surface area contributed by atoms with E-state index in [1.165, 1.54) is 17.0 Å². The Hall–Kier alpha value is -4.02. The SMILES string of the molecule is O=C(NC1CCCCC1)[C@@H](Cc1ccccc1)N(Cc1cccc(Br)c1)C(=O)CN(c1ccccc1)S(=O)(=O)c1ccc(F)cc1. The summed E-state index contributed by atoms with van der Waals surface area (Å²) in [5.74, 6) is -1.39. The van der Waals surface area contributed by atoms with Crippen molar-refractivity contribution < 1.29 is 22.4 Å². The van der Waals surface area contributed by atoms with Gasteiger partial charge in [-0.3, -0.25) is 13.9 Å². The van der Waals surface area contributed by atoms with Gasteiger partial charge in [0.1, 0.15) is 18.4 Å². The average Bonchev–Trinajstić information content (AvgIpc) is 3.06. The van der Waals surface area contributed by atoms with E-state index >= 15 is 0 Å². The summed E-state index contributed by atoms with van der Waals surface area (Å²) in [4.78, 5) is 30.0. The molecule has 0 spiro atoms. The van der Waals surface area contributed by atoms with E-state index < -0.39 is 34.3 Å². The maximum atomic E-state index is 14.5. The summed E-state index contributed by atoms with van der Waals surface area (Å²) in [7, 11) is -4.30. The van der Waals surface area contributed by atoms with Gasteiger partial charge in [0, 0.05) is 23.5 Å². The number of amides is 2. The zero-order valence-corrected chi connectivity index (χ0v) is 27.8. The first-order valence-electron chi connectivity index (χ1n) is 15.4. The number of anilines is 1. The number of rotatable bonds is 12. The molecule has 10 heteroatoms. The summed E-state index contributed by atoms with van der Waals surface area (Å²) in [6.45, 7) is -0.493. The lowest BCUT2D eigenvalue weighted by Crippen LogP contribution is -2.55. The van der Waals surface area contributed by atoms with Crippen molar-refractivity contribution in [3.63, 3.8) is 0 Å². The molecule has 2 amide bonds. The number of carbonyl (C=O) groups is 2. The molecule has 1 aliphatic carbocycles.